The SMILES string of the molecule is CC1CCC(C)C(NCC2(O)CCCC2)C1. The second kappa shape index (κ2) is 5.05. The third-order valence-corrected chi connectivity index (χ3v) is 4.69. The Morgan fingerprint density at radius 1 is 1.19 bits per heavy atom. The van der Waals surface area contributed by atoms with E-state index in [2.05, 4.69) is 19.2 Å². The molecule has 0 aromatic rings. The van der Waals surface area contributed by atoms with Crippen molar-refractivity contribution in [1.29, 1.82) is 0 Å². The van der Waals surface area contributed by atoms with Gasteiger partial charge < -0.3 is 10.4 Å². The van der Waals surface area contributed by atoms with Gasteiger partial charge in [-0.1, -0.05) is 33.1 Å². The molecular weight excluding hydrogens is 198 g/mol. The van der Waals surface area contributed by atoms with Gasteiger partial charge in [0.1, 0.15) is 0 Å². The van der Waals surface area contributed by atoms with Gasteiger partial charge in [-0.25, -0.2) is 0 Å². The lowest BCUT2D eigenvalue weighted by Crippen LogP contribution is -2.47. The molecule has 3 unspecified atom stereocenters. The van der Waals surface area contributed by atoms with Gasteiger partial charge in [-0.3, -0.25) is 0 Å². The molecule has 2 N–H and O–H groups in total. The molecule has 94 valence electrons. The average Bonchev–Trinajstić information content (AvgIpc) is 2.67. The van der Waals surface area contributed by atoms with E-state index in [0.29, 0.717) is 6.04 Å². The summed E-state index contributed by atoms with van der Waals surface area (Å²) in [4.78, 5) is 0. The Hall–Kier alpha value is -0.0800. The monoisotopic (exact) mass is 225 g/mol. The Morgan fingerprint density at radius 3 is 2.56 bits per heavy atom. The van der Waals surface area contributed by atoms with E-state index < -0.39 is 0 Å². The maximum atomic E-state index is 10.3. The van der Waals surface area contributed by atoms with Crippen molar-refractivity contribution in [2.45, 2.75) is 70.4 Å². The van der Waals surface area contributed by atoms with Gasteiger partial charge in [0.2, 0.25) is 0 Å². The second-order valence-electron chi connectivity index (χ2n) is 6.31. The summed E-state index contributed by atoms with van der Waals surface area (Å²) in [5.74, 6) is 1.63. The first-order chi connectivity index (χ1) is 7.59. The first kappa shape index (κ1) is 12.4. The van der Waals surface area contributed by atoms with Gasteiger partial charge in [0.25, 0.3) is 0 Å². The van der Waals surface area contributed by atoms with E-state index in [0.717, 1.165) is 31.2 Å². The van der Waals surface area contributed by atoms with Gasteiger partial charge in [0, 0.05) is 12.6 Å². The van der Waals surface area contributed by atoms with Crippen LogP contribution in [0.2, 0.25) is 0 Å². The molecule has 16 heavy (non-hydrogen) atoms. The van der Waals surface area contributed by atoms with Crippen LogP contribution < -0.4 is 5.32 Å². The molecule has 0 aliphatic heterocycles. The Balaban J connectivity index is 1.79. The lowest BCUT2D eigenvalue weighted by Gasteiger charge is -2.35. The van der Waals surface area contributed by atoms with E-state index in [1.807, 2.05) is 0 Å². The van der Waals surface area contributed by atoms with Crippen molar-refractivity contribution < 1.29 is 5.11 Å². The van der Waals surface area contributed by atoms with Crippen molar-refractivity contribution in [3.05, 3.63) is 0 Å². The summed E-state index contributed by atoms with van der Waals surface area (Å²) in [5, 5.41) is 13.9. The lowest BCUT2D eigenvalue weighted by molar-refractivity contribution is 0.0395. The molecule has 0 bridgehead atoms. The highest BCUT2D eigenvalue weighted by Crippen LogP contribution is 2.31. The van der Waals surface area contributed by atoms with Crippen molar-refractivity contribution in [3.63, 3.8) is 0 Å². The van der Waals surface area contributed by atoms with Crippen molar-refractivity contribution >= 4 is 0 Å². The molecule has 0 amide bonds. The topological polar surface area (TPSA) is 32.3 Å². The first-order valence-corrected chi connectivity index (χ1v) is 7.05. The zero-order valence-corrected chi connectivity index (χ0v) is 10.8. The summed E-state index contributed by atoms with van der Waals surface area (Å²) in [6, 6.07) is 0.633. The van der Waals surface area contributed by atoms with E-state index >= 15 is 0 Å². The third kappa shape index (κ3) is 2.98. The minimum Gasteiger partial charge on any atom is -0.389 e. The molecular formula is C14H27NO. The molecule has 2 fully saturated rings. The molecule has 0 radical (unpaired) electrons. The first-order valence-electron chi connectivity index (χ1n) is 7.05. The van der Waals surface area contributed by atoms with Crippen LogP contribution in [0.4, 0.5) is 0 Å². The molecule has 3 atom stereocenters. The summed E-state index contributed by atoms with van der Waals surface area (Å²) in [7, 11) is 0. The zero-order chi connectivity index (χ0) is 11.6. The van der Waals surface area contributed by atoms with E-state index in [9.17, 15) is 5.11 Å². The fourth-order valence-electron chi connectivity index (χ4n) is 3.35. The van der Waals surface area contributed by atoms with Crippen LogP contribution in [-0.2, 0) is 0 Å². The van der Waals surface area contributed by atoms with E-state index in [1.54, 1.807) is 0 Å². The normalized spacial score (nSPS) is 38.8. The number of aliphatic hydroxyl groups is 1. The standard InChI is InChI=1S/C14H27NO/c1-11-5-6-12(2)13(9-11)15-10-14(16)7-3-4-8-14/h11-13,15-16H,3-10H2,1-2H3. The van der Waals surface area contributed by atoms with Crippen LogP contribution >= 0.6 is 0 Å². The Bertz CT molecular complexity index is 223. The van der Waals surface area contributed by atoms with Gasteiger partial charge in [-0.15, -0.1) is 0 Å². The molecule has 0 heterocycles. The van der Waals surface area contributed by atoms with E-state index in [-0.39, 0.29) is 5.60 Å². The van der Waals surface area contributed by atoms with Crippen molar-refractivity contribution in [2.75, 3.05) is 6.54 Å². The van der Waals surface area contributed by atoms with Crippen LogP contribution in [0.15, 0.2) is 0 Å². The van der Waals surface area contributed by atoms with Crippen LogP contribution in [0.5, 0.6) is 0 Å². The largest absolute Gasteiger partial charge is 0.389 e. The highest BCUT2D eigenvalue weighted by atomic mass is 16.3. The summed E-state index contributed by atoms with van der Waals surface area (Å²) in [6.45, 7) is 5.52. The number of hydrogen-bond donors (Lipinski definition) is 2. The molecule has 0 aromatic carbocycles. The van der Waals surface area contributed by atoms with Gasteiger partial charge in [0.05, 0.1) is 5.60 Å². The van der Waals surface area contributed by atoms with Crippen LogP contribution in [0.1, 0.15) is 58.8 Å². The van der Waals surface area contributed by atoms with Crippen molar-refractivity contribution in [3.8, 4) is 0 Å². The summed E-state index contributed by atoms with van der Waals surface area (Å²) >= 11 is 0. The minimum absolute atomic E-state index is 0.388. The second-order valence-corrected chi connectivity index (χ2v) is 6.31. The maximum absolute atomic E-state index is 10.3. The molecule has 2 rings (SSSR count). The number of hydrogen-bond acceptors (Lipinski definition) is 2. The molecule has 2 aliphatic carbocycles. The van der Waals surface area contributed by atoms with Gasteiger partial charge >= 0.3 is 0 Å². The lowest BCUT2D eigenvalue weighted by atomic mass is 9.80. The van der Waals surface area contributed by atoms with Crippen molar-refractivity contribution in [2.24, 2.45) is 11.8 Å². The third-order valence-electron chi connectivity index (χ3n) is 4.69. The molecule has 2 aliphatic rings. The highest BCUT2D eigenvalue weighted by Gasteiger charge is 2.33. The molecule has 2 nitrogen and oxygen atoms in total. The van der Waals surface area contributed by atoms with E-state index in [4.69, 9.17) is 0 Å². The highest BCUT2D eigenvalue weighted by molar-refractivity contribution is 4.89. The fraction of sp³-hybridized carbons (Fsp3) is 1.00. The molecule has 0 spiro atoms. The molecule has 0 aromatic heterocycles. The Morgan fingerprint density at radius 2 is 1.88 bits per heavy atom. The molecule has 2 heteroatoms. The smallest absolute Gasteiger partial charge is 0.0771 e. The average molecular weight is 225 g/mol. The Kier molecular flexibility index (Phi) is 3.91. The van der Waals surface area contributed by atoms with Crippen LogP contribution in [0, 0.1) is 11.8 Å². The van der Waals surface area contributed by atoms with Crippen LogP contribution in [0.3, 0.4) is 0 Å². The molecule has 0 saturated heterocycles. The molecule has 2 saturated carbocycles. The predicted molar refractivity (Wildman–Crippen MR) is 67.4 cm³/mol. The fourth-order valence-corrected chi connectivity index (χ4v) is 3.35. The Labute approximate surface area is 99.8 Å². The predicted octanol–water partition coefficient (Wildman–Crippen LogP) is 2.71. The van der Waals surface area contributed by atoms with E-state index in [1.165, 1.54) is 32.1 Å². The van der Waals surface area contributed by atoms with Gasteiger partial charge in [-0.05, 0) is 37.5 Å². The zero-order valence-electron chi connectivity index (χ0n) is 10.8. The summed E-state index contributed by atoms with van der Waals surface area (Å²) in [6.07, 6.45) is 8.41. The van der Waals surface area contributed by atoms with Crippen LogP contribution in [0.25, 0.3) is 0 Å². The number of rotatable bonds is 3. The minimum atomic E-state index is -0.388. The van der Waals surface area contributed by atoms with Gasteiger partial charge in [0.15, 0.2) is 0 Å². The quantitative estimate of drug-likeness (QED) is 0.774. The van der Waals surface area contributed by atoms with Crippen LogP contribution in [-0.4, -0.2) is 23.3 Å². The number of nitrogens with one attached hydrogen (secondary N) is 1. The van der Waals surface area contributed by atoms with Gasteiger partial charge in [-0.2, -0.15) is 0 Å². The summed E-state index contributed by atoms with van der Waals surface area (Å²) in [5.41, 5.74) is -0.388. The van der Waals surface area contributed by atoms with Crippen molar-refractivity contribution in [1.82, 2.24) is 5.32 Å². The maximum Gasteiger partial charge on any atom is 0.0771 e. The summed E-state index contributed by atoms with van der Waals surface area (Å²) < 4.78 is 0.